The predicted octanol–water partition coefficient (Wildman–Crippen LogP) is 4.37. The summed E-state index contributed by atoms with van der Waals surface area (Å²) in [6.07, 6.45) is 7.64. The van der Waals surface area contributed by atoms with Crippen LogP contribution in [0.3, 0.4) is 0 Å². The van der Waals surface area contributed by atoms with Gasteiger partial charge in [-0.25, -0.2) is 17.8 Å². The number of hydrogen-bond donors (Lipinski definition) is 1. The van der Waals surface area contributed by atoms with Gasteiger partial charge < -0.3 is 0 Å². The molecule has 1 heterocycles. The van der Waals surface area contributed by atoms with Crippen molar-refractivity contribution in [3.63, 3.8) is 0 Å². The van der Waals surface area contributed by atoms with E-state index in [9.17, 15) is 8.42 Å². The van der Waals surface area contributed by atoms with Crippen LogP contribution in [0.1, 0.15) is 56.8 Å². The molecule has 0 radical (unpaired) electrons. The first-order chi connectivity index (χ1) is 13.8. The van der Waals surface area contributed by atoms with Crippen molar-refractivity contribution in [2.45, 2.75) is 70.2 Å². The van der Waals surface area contributed by atoms with Gasteiger partial charge in [0, 0.05) is 6.04 Å². The molecule has 6 heteroatoms. The summed E-state index contributed by atoms with van der Waals surface area (Å²) >= 11 is 0. The van der Waals surface area contributed by atoms with E-state index in [1.54, 1.807) is 11.6 Å². The first kappa shape index (κ1) is 19.3. The molecule has 5 nitrogen and oxygen atoms in total. The van der Waals surface area contributed by atoms with Crippen LogP contribution in [0.25, 0.3) is 5.69 Å². The number of aromatic nitrogens is 2. The summed E-state index contributed by atoms with van der Waals surface area (Å²) in [6.45, 7) is 5.73. The smallest absolute Gasteiger partial charge is 0.236 e. The van der Waals surface area contributed by atoms with E-state index in [-0.39, 0.29) is 11.5 Å². The summed E-state index contributed by atoms with van der Waals surface area (Å²) in [7, 11) is -3.63. The van der Waals surface area contributed by atoms with Crippen molar-refractivity contribution in [3.8, 4) is 5.69 Å². The second-order valence-electron chi connectivity index (χ2n) is 9.87. The third-order valence-electron chi connectivity index (χ3n) is 7.83. The lowest BCUT2D eigenvalue weighted by Gasteiger charge is -2.59. The Morgan fingerprint density at radius 3 is 2.14 bits per heavy atom. The van der Waals surface area contributed by atoms with Gasteiger partial charge in [-0.05, 0) is 94.6 Å². The van der Waals surface area contributed by atoms with Crippen LogP contribution < -0.4 is 4.72 Å². The fourth-order valence-electron chi connectivity index (χ4n) is 6.96. The van der Waals surface area contributed by atoms with E-state index in [0.29, 0.717) is 16.3 Å². The highest BCUT2D eigenvalue weighted by atomic mass is 32.2. The average molecular weight is 414 g/mol. The fraction of sp³-hybridized carbons (Fsp3) is 0.609. The molecule has 156 valence electrons. The number of rotatable bonds is 5. The second-order valence-corrected chi connectivity index (χ2v) is 11.5. The Bertz CT molecular complexity index is 991. The van der Waals surface area contributed by atoms with Gasteiger partial charge in [-0.3, -0.25) is 0 Å². The van der Waals surface area contributed by atoms with E-state index in [0.717, 1.165) is 23.4 Å². The SMILES string of the molecule is Cc1nn(-c2ccccc2)c(C)c1S(=O)(=O)NC(C)C12CC3CC(CC(C3)C1)C2. The lowest BCUT2D eigenvalue weighted by atomic mass is 9.48. The Morgan fingerprint density at radius 2 is 1.59 bits per heavy atom. The van der Waals surface area contributed by atoms with Gasteiger partial charge in [-0.2, -0.15) is 5.10 Å². The van der Waals surface area contributed by atoms with Crippen LogP contribution in [0.4, 0.5) is 0 Å². The molecule has 1 unspecified atom stereocenters. The maximum absolute atomic E-state index is 13.5. The van der Waals surface area contributed by atoms with Gasteiger partial charge >= 0.3 is 0 Å². The van der Waals surface area contributed by atoms with Gasteiger partial charge in [0.15, 0.2) is 0 Å². The van der Waals surface area contributed by atoms with Crippen LogP contribution in [-0.2, 0) is 10.0 Å². The van der Waals surface area contributed by atoms with Crippen LogP contribution >= 0.6 is 0 Å². The van der Waals surface area contributed by atoms with Gasteiger partial charge in [-0.15, -0.1) is 0 Å². The molecule has 1 aromatic carbocycles. The van der Waals surface area contributed by atoms with E-state index in [1.807, 2.05) is 37.3 Å². The summed E-state index contributed by atoms with van der Waals surface area (Å²) in [6, 6.07) is 9.67. The zero-order chi connectivity index (χ0) is 20.4. The minimum atomic E-state index is -3.63. The maximum Gasteiger partial charge on any atom is 0.244 e. The van der Waals surface area contributed by atoms with Crippen molar-refractivity contribution < 1.29 is 8.42 Å². The van der Waals surface area contributed by atoms with Crippen LogP contribution in [0.5, 0.6) is 0 Å². The molecule has 4 aliphatic carbocycles. The molecule has 6 rings (SSSR count). The van der Waals surface area contributed by atoms with E-state index in [1.165, 1.54) is 38.5 Å². The molecule has 4 saturated carbocycles. The van der Waals surface area contributed by atoms with E-state index < -0.39 is 10.0 Å². The van der Waals surface area contributed by atoms with Crippen LogP contribution in [0, 0.1) is 37.0 Å². The maximum atomic E-state index is 13.5. The lowest BCUT2D eigenvalue weighted by Crippen LogP contribution is -2.55. The minimum Gasteiger partial charge on any atom is -0.236 e. The number of para-hydroxylation sites is 1. The zero-order valence-electron chi connectivity index (χ0n) is 17.6. The topological polar surface area (TPSA) is 64.0 Å². The quantitative estimate of drug-likeness (QED) is 0.791. The normalized spacial score (nSPS) is 31.9. The number of aryl methyl sites for hydroxylation is 1. The van der Waals surface area contributed by atoms with Crippen molar-refractivity contribution in [2.75, 3.05) is 0 Å². The van der Waals surface area contributed by atoms with Gasteiger partial charge in [0.2, 0.25) is 10.0 Å². The Kier molecular flexibility index (Phi) is 4.44. The molecule has 2 aromatic rings. The Morgan fingerprint density at radius 1 is 1.03 bits per heavy atom. The highest BCUT2D eigenvalue weighted by Gasteiger charge is 2.53. The summed E-state index contributed by atoms with van der Waals surface area (Å²) in [4.78, 5) is 0.331. The van der Waals surface area contributed by atoms with Crippen molar-refractivity contribution in [3.05, 3.63) is 41.7 Å². The standard InChI is InChI=1S/C23H31N3O2S/c1-15-22(16(2)26(24-15)21-7-5-4-6-8-21)29(27,28)25-17(3)23-12-18-9-19(13-23)11-20(10-18)14-23/h4-8,17-20,25H,9-14H2,1-3H3. The van der Waals surface area contributed by atoms with Gasteiger partial charge in [0.05, 0.1) is 17.1 Å². The first-order valence-corrected chi connectivity index (χ1v) is 12.4. The second kappa shape index (κ2) is 6.67. The highest BCUT2D eigenvalue weighted by molar-refractivity contribution is 7.89. The van der Waals surface area contributed by atoms with E-state index >= 15 is 0 Å². The molecule has 4 aliphatic rings. The number of nitrogens with one attached hydrogen (secondary N) is 1. The van der Waals surface area contributed by atoms with Crippen molar-refractivity contribution in [2.24, 2.45) is 23.2 Å². The Labute approximate surface area is 173 Å². The monoisotopic (exact) mass is 413 g/mol. The largest absolute Gasteiger partial charge is 0.244 e. The highest BCUT2D eigenvalue weighted by Crippen LogP contribution is 2.61. The van der Waals surface area contributed by atoms with Crippen molar-refractivity contribution in [1.82, 2.24) is 14.5 Å². The molecule has 29 heavy (non-hydrogen) atoms. The number of benzene rings is 1. The van der Waals surface area contributed by atoms with Crippen molar-refractivity contribution >= 4 is 10.0 Å². The van der Waals surface area contributed by atoms with Crippen LogP contribution in [-0.4, -0.2) is 24.2 Å². The number of nitrogens with zero attached hydrogens (tertiary/aromatic N) is 2. The molecule has 1 N–H and O–H groups in total. The molecule has 0 spiro atoms. The minimum absolute atomic E-state index is 0.0419. The molecule has 0 saturated heterocycles. The van der Waals surface area contributed by atoms with Crippen molar-refractivity contribution in [1.29, 1.82) is 0 Å². The van der Waals surface area contributed by atoms with Crippen LogP contribution in [0.2, 0.25) is 0 Å². The molecule has 1 atom stereocenters. The predicted molar refractivity (Wildman–Crippen MR) is 113 cm³/mol. The molecule has 4 fully saturated rings. The van der Waals surface area contributed by atoms with E-state index in [2.05, 4.69) is 16.7 Å². The molecular weight excluding hydrogens is 382 g/mol. The van der Waals surface area contributed by atoms with Gasteiger partial charge in [0.25, 0.3) is 0 Å². The first-order valence-electron chi connectivity index (χ1n) is 10.9. The average Bonchev–Trinajstić information content (AvgIpc) is 2.96. The molecule has 0 amide bonds. The Balaban J connectivity index is 1.44. The van der Waals surface area contributed by atoms with Gasteiger partial charge in [0.1, 0.15) is 4.90 Å². The molecule has 1 aromatic heterocycles. The number of sulfonamides is 1. The molecular formula is C23H31N3O2S. The zero-order valence-corrected chi connectivity index (χ0v) is 18.4. The third kappa shape index (κ3) is 3.15. The van der Waals surface area contributed by atoms with Gasteiger partial charge in [-0.1, -0.05) is 18.2 Å². The summed E-state index contributed by atoms with van der Waals surface area (Å²) in [5.41, 5.74) is 2.23. The molecule has 4 bridgehead atoms. The third-order valence-corrected chi connectivity index (χ3v) is 9.62. The summed E-state index contributed by atoms with van der Waals surface area (Å²) < 4.78 is 31.7. The number of hydrogen-bond acceptors (Lipinski definition) is 3. The van der Waals surface area contributed by atoms with Crippen LogP contribution in [0.15, 0.2) is 35.2 Å². The Hall–Kier alpha value is -1.66. The summed E-state index contributed by atoms with van der Waals surface area (Å²) in [5.74, 6) is 2.41. The lowest BCUT2D eigenvalue weighted by molar-refractivity contribution is -0.0666. The van der Waals surface area contributed by atoms with E-state index in [4.69, 9.17) is 0 Å². The summed E-state index contributed by atoms with van der Waals surface area (Å²) in [5, 5.41) is 4.54. The molecule has 0 aliphatic heterocycles. The fourth-order valence-corrected chi connectivity index (χ4v) is 8.70.